The third kappa shape index (κ3) is 2.22. The summed E-state index contributed by atoms with van der Waals surface area (Å²) < 4.78 is 1.06. The van der Waals surface area contributed by atoms with Crippen LogP contribution in [0, 0.1) is 17.8 Å². The van der Waals surface area contributed by atoms with Crippen molar-refractivity contribution in [3.8, 4) is 0 Å². The minimum atomic E-state index is 0.573. The zero-order chi connectivity index (χ0) is 11.8. The van der Waals surface area contributed by atoms with E-state index >= 15 is 0 Å². The van der Waals surface area contributed by atoms with Gasteiger partial charge >= 0.3 is 0 Å². The first-order valence-corrected chi connectivity index (χ1v) is 7.39. The predicted octanol–water partition coefficient (Wildman–Crippen LogP) is 4.08. The van der Waals surface area contributed by atoms with Crippen LogP contribution in [0.4, 0.5) is 5.69 Å². The minimum Gasteiger partial charge on any atom is -0.381 e. The molecule has 2 fully saturated rings. The second-order valence-corrected chi connectivity index (χ2v) is 6.48. The van der Waals surface area contributed by atoms with E-state index in [1.54, 1.807) is 0 Å². The van der Waals surface area contributed by atoms with E-state index in [0.29, 0.717) is 6.04 Å². The lowest BCUT2D eigenvalue weighted by molar-refractivity contribution is 0.304. The molecule has 1 N–H and O–H groups in total. The van der Waals surface area contributed by atoms with Crippen molar-refractivity contribution in [3.63, 3.8) is 0 Å². The van der Waals surface area contributed by atoms with Crippen LogP contribution in [-0.2, 0) is 0 Å². The molecule has 0 spiro atoms. The smallest absolute Gasteiger partial charge is 0.0590 e. The standard InChI is InChI=1S/C14H19BrN2/c1-9(12-7-10-2-3-11(12)6-10)17-14-4-5-16-8-13(14)15/h4-5,8-12H,2-3,6-7H2,1H3,(H,16,17). The lowest BCUT2D eigenvalue weighted by Gasteiger charge is -2.29. The van der Waals surface area contributed by atoms with Crippen LogP contribution < -0.4 is 5.32 Å². The molecule has 3 rings (SSSR count). The van der Waals surface area contributed by atoms with Gasteiger partial charge in [0.05, 0.1) is 10.2 Å². The summed E-state index contributed by atoms with van der Waals surface area (Å²) in [7, 11) is 0. The summed E-state index contributed by atoms with van der Waals surface area (Å²) in [5.41, 5.74) is 1.18. The van der Waals surface area contributed by atoms with Gasteiger partial charge < -0.3 is 5.32 Å². The first-order valence-electron chi connectivity index (χ1n) is 6.60. The molecule has 2 aliphatic rings. The molecule has 1 aromatic rings. The molecule has 92 valence electrons. The van der Waals surface area contributed by atoms with Crippen LogP contribution >= 0.6 is 15.9 Å². The largest absolute Gasteiger partial charge is 0.381 e. The summed E-state index contributed by atoms with van der Waals surface area (Å²) in [5.74, 6) is 2.87. The van der Waals surface area contributed by atoms with Gasteiger partial charge in [0.1, 0.15) is 0 Å². The lowest BCUT2D eigenvalue weighted by Crippen LogP contribution is -2.30. The highest BCUT2D eigenvalue weighted by molar-refractivity contribution is 9.10. The molecule has 1 heterocycles. The summed E-state index contributed by atoms with van der Waals surface area (Å²) in [5, 5.41) is 3.65. The molecule has 4 atom stereocenters. The van der Waals surface area contributed by atoms with Crippen LogP contribution in [0.3, 0.4) is 0 Å². The molecule has 0 aliphatic heterocycles. The third-order valence-corrected chi connectivity index (χ3v) is 5.22. The summed E-state index contributed by atoms with van der Waals surface area (Å²) >= 11 is 3.55. The highest BCUT2D eigenvalue weighted by Crippen LogP contribution is 2.49. The first-order chi connectivity index (χ1) is 8.24. The second-order valence-electron chi connectivity index (χ2n) is 5.63. The van der Waals surface area contributed by atoms with Crippen LogP contribution in [0.5, 0.6) is 0 Å². The van der Waals surface area contributed by atoms with Crippen molar-refractivity contribution in [2.45, 2.75) is 38.6 Å². The minimum absolute atomic E-state index is 0.573. The van der Waals surface area contributed by atoms with E-state index < -0.39 is 0 Å². The summed E-state index contributed by atoms with van der Waals surface area (Å²) in [6, 6.07) is 2.62. The van der Waals surface area contributed by atoms with Crippen molar-refractivity contribution < 1.29 is 0 Å². The maximum absolute atomic E-state index is 4.10. The Bertz CT molecular complexity index is 407. The van der Waals surface area contributed by atoms with E-state index in [1.807, 2.05) is 18.5 Å². The van der Waals surface area contributed by atoms with Gasteiger partial charge in [-0.3, -0.25) is 4.98 Å². The van der Waals surface area contributed by atoms with E-state index in [4.69, 9.17) is 0 Å². The lowest BCUT2D eigenvalue weighted by atomic mass is 9.84. The quantitative estimate of drug-likeness (QED) is 0.909. The Kier molecular flexibility index (Phi) is 3.12. The van der Waals surface area contributed by atoms with Crippen molar-refractivity contribution in [2.75, 3.05) is 5.32 Å². The van der Waals surface area contributed by atoms with Gasteiger partial charge in [0.2, 0.25) is 0 Å². The third-order valence-electron chi connectivity index (χ3n) is 4.59. The number of nitrogens with one attached hydrogen (secondary N) is 1. The number of fused-ring (bicyclic) bond motifs is 2. The molecule has 4 unspecified atom stereocenters. The van der Waals surface area contributed by atoms with Crippen LogP contribution in [-0.4, -0.2) is 11.0 Å². The molecule has 2 bridgehead atoms. The number of rotatable bonds is 3. The molecule has 2 aliphatic carbocycles. The first kappa shape index (κ1) is 11.5. The Morgan fingerprint density at radius 1 is 1.41 bits per heavy atom. The number of nitrogens with zero attached hydrogens (tertiary/aromatic N) is 1. The Morgan fingerprint density at radius 3 is 2.94 bits per heavy atom. The Labute approximate surface area is 111 Å². The van der Waals surface area contributed by atoms with Crippen LogP contribution in [0.2, 0.25) is 0 Å². The van der Waals surface area contributed by atoms with Gasteiger partial charge in [-0.15, -0.1) is 0 Å². The van der Waals surface area contributed by atoms with E-state index in [0.717, 1.165) is 22.2 Å². The highest BCUT2D eigenvalue weighted by Gasteiger charge is 2.41. The van der Waals surface area contributed by atoms with Crippen LogP contribution in [0.25, 0.3) is 0 Å². The normalized spacial score (nSPS) is 32.7. The van der Waals surface area contributed by atoms with Gasteiger partial charge in [0, 0.05) is 18.4 Å². The van der Waals surface area contributed by atoms with E-state index in [-0.39, 0.29) is 0 Å². The molecular weight excluding hydrogens is 276 g/mol. The molecule has 0 amide bonds. The van der Waals surface area contributed by atoms with Crippen molar-refractivity contribution in [2.24, 2.45) is 17.8 Å². The molecule has 2 nitrogen and oxygen atoms in total. The molecule has 3 heteroatoms. The number of pyridine rings is 1. The van der Waals surface area contributed by atoms with Gasteiger partial charge in [0.25, 0.3) is 0 Å². The average Bonchev–Trinajstić information content (AvgIpc) is 2.94. The molecule has 2 saturated carbocycles. The zero-order valence-corrected chi connectivity index (χ0v) is 11.8. The maximum Gasteiger partial charge on any atom is 0.0590 e. The van der Waals surface area contributed by atoms with Gasteiger partial charge in [-0.05, 0) is 65.9 Å². The number of halogens is 1. The van der Waals surface area contributed by atoms with Crippen molar-refractivity contribution in [3.05, 3.63) is 22.9 Å². The van der Waals surface area contributed by atoms with Crippen molar-refractivity contribution in [1.82, 2.24) is 4.98 Å². The average molecular weight is 295 g/mol. The molecule has 17 heavy (non-hydrogen) atoms. The van der Waals surface area contributed by atoms with Gasteiger partial charge in [-0.25, -0.2) is 0 Å². The monoisotopic (exact) mass is 294 g/mol. The summed E-state index contributed by atoms with van der Waals surface area (Å²) in [6.45, 7) is 2.33. The number of anilines is 1. The summed E-state index contributed by atoms with van der Waals surface area (Å²) in [6.07, 6.45) is 9.55. The fraction of sp³-hybridized carbons (Fsp3) is 0.643. The van der Waals surface area contributed by atoms with Gasteiger partial charge in [0.15, 0.2) is 0 Å². The summed E-state index contributed by atoms with van der Waals surface area (Å²) in [4.78, 5) is 4.10. The fourth-order valence-electron chi connectivity index (χ4n) is 3.75. The van der Waals surface area contributed by atoms with Gasteiger partial charge in [-0.2, -0.15) is 0 Å². The van der Waals surface area contributed by atoms with Gasteiger partial charge in [-0.1, -0.05) is 6.42 Å². The van der Waals surface area contributed by atoms with Crippen LogP contribution in [0.15, 0.2) is 22.9 Å². The predicted molar refractivity (Wildman–Crippen MR) is 74.0 cm³/mol. The second kappa shape index (κ2) is 4.60. The molecule has 0 saturated heterocycles. The zero-order valence-electron chi connectivity index (χ0n) is 10.2. The Balaban J connectivity index is 1.68. The molecule has 1 aromatic heterocycles. The van der Waals surface area contributed by atoms with E-state index in [2.05, 4.69) is 33.2 Å². The SMILES string of the molecule is CC(Nc1ccncc1Br)C1CC2CCC1C2. The fourth-order valence-corrected chi connectivity index (χ4v) is 4.12. The van der Waals surface area contributed by atoms with E-state index in [9.17, 15) is 0 Å². The van der Waals surface area contributed by atoms with E-state index in [1.165, 1.54) is 31.4 Å². The maximum atomic E-state index is 4.10. The Morgan fingerprint density at radius 2 is 2.29 bits per heavy atom. The number of hydrogen-bond acceptors (Lipinski definition) is 2. The molecule has 0 radical (unpaired) electrons. The van der Waals surface area contributed by atoms with Crippen molar-refractivity contribution in [1.29, 1.82) is 0 Å². The topological polar surface area (TPSA) is 24.9 Å². The number of hydrogen-bond donors (Lipinski definition) is 1. The molecular formula is C14H19BrN2. The molecule has 0 aromatic carbocycles. The Hall–Kier alpha value is -0.570. The van der Waals surface area contributed by atoms with Crippen molar-refractivity contribution >= 4 is 21.6 Å². The highest BCUT2D eigenvalue weighted by atomic mass is 79.9. The number of aromatic nitrogens is 1. The van der Waals surface area contributed by atoms with Crippen LogP contribution in [0.1, 0.15) is 32.6 Å².